The SMILES string of the molecule is NC(=O)Nc1cc(Nc2nc(Cl)nc(SCCNc3nc(Cl)nc(Nc4ccc(S(=O)(=O)CCOS(=O)(=O)O)cc4)n3)n2)ccc1N=Nc1cc2c(S(=O)(=O)O)cc(SOOO)cc2cc1S(=O)(=O)O. The number of nitrogens with one attached hydrogen (secondary N) is 4. The van der Waals surface area contributed by atoms with E-state index in [-0.39, 0.29) is 77.7 Å². The highest BCUT2D eigenvalue weighted by Gasteiger charge is 2.23. The number of azo groups is 1. The van der Waals surface area contributed by atoms with Crippen molar-refractivity contribution < 1.29 is 70.9 Å². The second-order valence-electron chi connectivity index (χ2n) is 13.1. The van der Waals surface area contributed by atoms with E-state index in [4.69, 9.17) is 38.7 Å². The van der Waals surface area contributed by atoms with Gasteiger partial charge in [0.15, 0.2) is 15.0 Å². The zero-order valence-corrected chi connectivity index (χ0v) is 40.6. The van der Waals surface area contributed by atoms with Crippen LogP contribution in [0.4, 0.5) is 51.1 Å². The fraction of sp³-hybridized carbons (Fsp3) is 0.121. The third kappa shape index (κ3) is 15.4. The van der Waals surface area contributed by atoms with E-state index in [0.29, 0.717) is 23.5 Å². The molecule has 2 aromatic heterocycles. The summed E-state index contributed by atoms with van der Waals surface area (Å²) in [4.78, 5) is 34.9. The summed E-state index contributed by atoms with van der Waals surface area (Å²) in [5.41, 5.74) is 5.10. The van der Waals surface area contributed by atoms with Crippen LogP contribution in [0.3, 0.4) is 0 Å². The molecule has 0 radical (unpaired) electrons. The van der Waals surface area contributed by atoms with Gasteiger partial charge in [0.2, 0.25) is 28.4 Å². The third-order valence-electron chi connectivity index (χ3n) is 8.33. The minimum Gasteiger partial charge on any atom is -0.353 e. The lowest BCUT2D eigenvalue weighted by Gasteiger charge is -2.12. The molecule has 2 heterocycles. The molecule has 0 unspecified atom stereocenters. The number of anilines is 6. The minimum absolute atomic E-state index is 0.0107. The molecule has 0 fully saturated rings. The van der Waals surface area contributed by atoms with Gasteiger partial charge in [-0.15, -0.1) is 14.6 Å². The van der Waals surface area contributed by atoms with Crippen molar-refractivity contribution in [3.8, 4) is 0 Å². The fourth-order valence-corrected chi connectivity index (χ4v) is 10.0. The number of rotatable bonds is 22. The number of halogens is 2. The predicted molar refractivity (Wildman–Crippen MR) is 250 cm³/mol. The molecule has 2 amide bonds. The van der Waals surface area contributed by atoms with E-state index < -0.39 is 74.3 Å². The van der Waals surface area contributed by atoms with E-state index in [9.17, 15) is 47.6 Å². The number of amides is 2. The summed E-state index contributed by atoms with van der Waals surface area (Å²) in [6.07, 6.45) is 0. The fourth-order valence-electron chi connectivity index (χ4n) is 5.57. The third-order valence-corrected chi connectivity index (χ3v) is 14.0. The van der Waals surface area contributed by atoms with E-state index in [1.54, 1.807) is 0 Å². The van der Waals surface area contributed by atoms with Gasteiger partial charge in [-0.25, -0.2) is 22.7 Å². The smallest absolute Gasteiger partial charge is 0.353 e. The number of aromatic nitrogens is 6. The molecule has 0 spiro atoms. The van der Waals surface area contributed by atoms with Gasteiger partial charge >= 0.3 is 16.4 Å². The zero-order valence-electron chi connectivity index (χ0n) is 34.2. The maximum atomic E-state index is 12.5. The Morgan fingerprint density at radius 2 is 1.36 bits per heavy atom. The van der Waals surface area contributed by atoms with Gasteiger partial charge in [-0.05, 0) is 95.3 Å². The molecule has 0 atom stereocenters. The van der Waals surface area contributed by atoms with Crippen LogP contribution in [-0.4, -0.2) is 113 Å². The van der Waals surface area contributed by atoms with Crippen LogP contribution in [0.2, 0.25) is 10.6 Å². The summed E-state index contributed by atoms with van der Waals surface area (Å²) in [5.74, 6) is -0.440. The average molecular weight is 1130 g/mol. The Hall–Kier alpha value is -5.77. The van der Waals surface area contributed by atoms with Crippen LogP contribution in [0.25, 0.3) is 10.8 Å². The van der Waals surface area contributed by atoms with Crippen LogP contribution in [0, 0.1) is 0 Å². The normalized spacial score (nSPS) is 12.3. The van der Waals surface area contributed by atoms with Gasteiger partial charge in [-0.1, -0.05) is 16.8 Å². The first-order valence-corrected chi connectivity index (χ1v) is 26.8. The second kappa shape index (κ2) is 22.5. The van der Waals surface area contributed by atoms with Crippen molar-refractivity contribution in [3.05, 3.63) is 77.3 Å². The molecule has 6 aromatic rings. The van der Waals surface area contributed by atoms with Gasteiger partial charge in [0, 0.05) is 34.0 Å². The Labute approximate surface area is 412 Å². The molecule has 0 bridgehead atoms. The van der Waals surface area contributed by atoms with Crippen molar-refractivity contribution in [1.82, 2.24) is 29.9 Å². The molecule has 0 saturated heterocycles. The van der Waals surface area contributed by atoms with Crippen molar-refractivity contribution in [1.29, 1.82) is 0 Å². The lowest BCUT2D eigenvalue weighted by molar-refractivity contribution is -0.432. The largest absolute Gasteiger partial charge is 0.397 e. The number of carbonyl (C=O) groups is 1. The van der Waals surface area contributed by atoms with Crippen LogP contribution in [0.15, 0.2) is 102 Å². The molecular formula is C33H29Cl2N13O16S6. The maximum absolute atomic E-state index is 12.5. The lowest BCUT2D eigenvalue weighted by Crippen LogP contribution is -2.19. The van der Waals surface area contributed by atoms with Gasteiger partial charge in [-0.3, -0.25) is 13.7 Å². The van der Waals surface area contributed by atoms with Crippen molar-refractivity contribution in [3.63, 3.8) is 0 Å². The van der Waals surface area contributed by atoms with Crippen molar-refractivity contribution in [2.24, 2.45) is 16.0 Å². The average Bonchev–Trinajstić information content (AvgIpc) is 3.25. The first-order valence-electron chi connectivity index (χ1n) is 18.4. The standard InChI is InChI=1S/C33H29Cl2N13O16S6/c34-27-41-30(45-31(42-27)38-17-1-4-20(5-2-17)67(51,52)10-8-62-70(59,60)61)37-7-9-65-33-44-28(35)43-32(46-33)39-18-3-6-22(23(13-18)40-29(36)49)47-48-24-15-21-16(12-26(24)69(56,57)58)11-19(66-64-63-50)14-25(21)68(53,54)55/h1-6,11-15,50H,7-10H2,(H3,36,40,49)(H,53,54,55)(H,56,57,58)(H,59,60,61)(H,39,43,44,46)(H2,37,38,41,42,45). The molecule has 37 heteroatoms. The predicted octanol–water partition coefficient (Wildman–Crippen LogP) is 5.63. The van der Waals surface area contributed by atoms with E-state index in [1.165, 1.54) is 48.5 Å². The van der Waals surface area contributed by atoms with Crippen molar-refractivity contribution in [2.45, 2.75) is 24.7 Å². The van der Waals surface area contributed by atoms with Crippen LogP contribution >= 0.6 is 47.0 Å². The number of hydrogen-bond donors (Lipinski definition) is 9. The Morgan fingerprint density at radius 3 is 2.01 bits per heavy atom. The number of fused-ring (bicyclic) bond motifs is 1. The van der Waals surface area contributed by atoms with Crippen LogP contribution < -0.4 is 27.0 Å². The summed E-state index contributed by atoms with van der Waals surface area (Å²) in [6, 6.07) is 12.1. The van der Waals surface area contributed by atoms with E-state index in [2.05, 4.69) is 75.0 Å². The van der Waals surface area contributed by atoms with Gasteiger partial charge in [0.1, 0.15) is 21.2 Å². The Kier molecular flexibility index (Phi) is 17.3. The van der Waals surface area contributed by atoms with Crippen molar-refractivity contribution >= 4 is 151 Å². The molecule has 0 saturated carbocycles. The van der Waals surface area contributed by atoms with Crippen LogP contribution in [0.5, 0.6) is 0 Å². The summed E-state index contributed by atoms with van der Waals surface area (Å²) in [7, 11) is -18.8. The molecule has 10 N–H and O–H groups in total. The van der Waals surface area contributed by atoms with Gasteiger partial charge in [-0.2, -0.15) is 55.2 Å². The van der Waals surface area contributed by atoms with E-state index >= 15 is 0 Å². The number of hydrogen-bond acceptors (Lipinski definition) is 26. The van der Waals surface area contributed by atoms with Crippen molar-refractivity contribution in [2.75, 3.05) is 45.9 Å². The first kappa shape index (κ1) is 53.6. The second-order valence-corrected chi connectivity index (χ2v) is 21.6. The quantitative estimate of drug-likeness (QED) is 0.00756. The molecule has 0 aliphatic heterocycles. The number of nitrogens with zero attached hydrogens (tertiary/aromatic N) is 8. The number of primary amides is 1. The zero-order chi connectivity index (χ0) is 51.0. The van der Waals surface area contributed by atoms with Crippen LogP contribution in [0.1, 0.15) is 0 Å². The highest BCUT2D eigenvalue weighted by molar-refractivity contribution is 7.99. The number of thioether (sulfide) groups is 1. The summed E-state index contributed by atoms with van der Waals surface area (Å²) >= 11 is 13.7. The molecule has 6 rings (SSSR count). The highest BCUT2D eigenvalue weighted by Crippen LogP contribution is 2.38. The van der Waals surface area contributed by atoms with E-state index in [1.807, 2.05) is 0 Å². The molecular weight excluding hydrogens is 1100 g/mol. The number of urea groups is 1. The number of nitrogens with two attached hydrogens (primary N) is 1. The molecule has 4 aromatic carbocycles. The number of benzene rings is 4. The topological polar surface area (TPSA) is 438 Å². The Balaban J connectivity index is 1.13. The number of carbonyl (C=O) groups excluding carboxylic acids is 1. The molecule has 0 aliphatic carbocycles. The monoisotopic (exact) mass is 1120 g/mol. The molecule has 70 heavy (non-hydrogen) atoms. The van der Waals surface area contributed by atoms with Gasteiger partial charge < -0.3 is 27.0 Å². The highest BCUT2D eigenvalue weighted by atomic mass is 35.5. The number of sulfone groups is 1. The van der Waals surface area contributed by atoms with E-state index in [0.717, 1.165) is 30.0 Å². The summed E-state index contributed by atoms with van der Waals surface area (Å²) in [5, 5.41) is 30.2. The molecule has 372 valence electrons. The minimum atomic E-state index is -5.08. The van der Waals surface area contributed by atoms with Crippen LogP contribution in [-0.2, 0) is 54.0 Å². The Morgan fingerprint density at radius 1 is 0.729 bits per heavy atom. The Bertz CT molecular complexity index is 3460. The first-order chi connectivity index (χ1) is 32.8. The van der Waals surface area contributed by atoms with Gasteiger partial charge in [0.05, 0.1) is 35.0 Å². The maximum Gasteiger partial charge on any atom is 0.397 e. The summed E-state index contributed by atoms with van der Waals surface area (Å²) in [6.45, 7) is -0.576. The molecule has 29 nitrogen and oxygen atoms in total. The molecule has 0 aliphatic rings. The lowest BCUT2D eigenvalue weighted by atomic mass is 10.1. The van der Waals surface area contributed by atoms with Gasteiger partial charge in [0.25, 0.3) is 20.2 Å². The summed E-state index contributed by atoms with van der Waals surface area (Å²) < 4.78 is 133.